The van der Waals surface area contributed by atoms with Gasteiger partial charge in [0.15, 0.2) is 0 Å². The van der Waals surface area contributed by atoms with Gasteiger partial charge >= 0.3 is 0 Å². The maximum Gasteiger partial charge on any atom is 0.267 e. The number of carbonyl (C=O) groups is 2. The van der Waals surface area contributed by atoms with Crippen LogP contribution in [0.1, 0.15) is 24.7 Å². The summed E-state index contributed by atoms with van der Waals surface area (Å²) in [5.41, 5.74) is 0.286. The number of nitrogens with zero attached hydrogens (tertiary/aromatic N) is 2. The molecule has 0 radical (unpaired) electrons. The molecule has 0 aromatic carbocycles. The molecule has 0 bridgehead atoms. The van der Waals surface area contributed by atoms with Crippen molar-refractivity contribution in [3.05, 3.63) is 24.2 Å². The van der Waals surface area contributed by atoms with Crippen LogP contribution in [0.25, 0.3) is 0 Å². The molecule has 2 heterocycles. The Kier molecular flexibility index (Phi) is 3.96. The molecule has 102 valence electrons. The molecule has 2 N–H and O–H groups in total. The summed E-state index contributed by atoms with van der Waals surface area (Å²) in [6.45, 7) is 0.0308. The molecule has 2 rings (SSSR count). The van der Waals surface area contributed by atoms with Crippen molar-refractivity contribution < 1.29 is 19.1 Å². The van der Waals surface area contributed by atoms with Gasteiger partial charge in [0.1, 0.15) is 17.6 Å². The van der Waals surface area contributed by atoms with Crippen molar-refractivity contribution in [3.8, 4) is 0 Å². The number of hydrazone groups is 1. The number of rotatable bonds is 4. The van der Waals surface area contributed by atoms with Gasteiger partial charge in [0.05, 0.1) is 12.8 Å². The van der Waals surface area contributed by atoms with E-state index in [1.165, 1.54) is 13.3 Å². The molecule has 0 saturated carbocycles. The molecule has 0 saturated heterocycles. The van der Waals surface area contributed by atoms with Crippen molar-refractivity contribution in [3.63, 3.8) is 0 Å². The summed E-state index contributed by atoms with van der Waals surface area (Å²) in [5.74, 6) is -0.115. The molecule has 0 aliphatic carbocycles. The zero-order valence-electron chi connectivity index (χ0n) is 10.5. The lowest BCUT2D eigenvalue weighted by Gasteiger charge is -2.19. The first-order chi connectivity index (χ1) is 9.08. The van der Waals surface area contributed by atoms with Crippen LogP contribution in [-0.2, 0) is 9.59 Å². The van der Waals surface area contributed by atoms with Gasteiger partial charge in [0.25, 0.3) is 5.91 Å². The minimum Gasteiger partial charge on any atom is -0.467 e. The summed E-state index contributed by atoms with van der Waals surface area (Å²) in [5, 5.41) is 17.3. The van der Waals surface area contributed by atoms with E-state index in [4.69, 9.17) is 4.42 Å². The van der Waals surface area contributed by atoms with E-state index in [0.717, 1.165) is 5.01 Å². The Morgan fingerprint density at radius 3 is 3.05 bits per heavy atom. The van der Waals surface area contributed by atoms with Gasteiger partial charge < -0.3 is 14.8 Å². The van der Waals surface area contributed by atoms with Crippen LogP contribution in [0.5, 0.6) is 0 Å². The van der Waals surface area contributed by atoms with Crippen molar-refractivity contribution in [1.29, 1.82) is 0 Å². The Morgan fingerprint density at radius 2 is 2.42 bits per heavy atom. The molecule has 1 aromatic heterocycles. The largest absolute Gasteiger partial charge is 0.467 e. The van der Waals surface area contributed by atoms with Crippen LogP contribution in [0.3, 0.4) is 0 Å². The summed E-state index contributed by atoms with van der Waals surface area (Å²) in [4.78, 5) is 23.0. The summed E-state index contributed by atoms with van der Waals surface area (Å²) in [6, 6.07) is 3.29. The second-order valence-electron chi connectivity index (χ2n) is 4.21. The van der Waals surface area contributed by atoms with Gasteiger partial charge in [0, 0.05) is 19.9 Å². The number of nitrogens with one attached hydrogen (secondary N) is 1. The fraction of sp³-hybridized carbons (Fsp3) is 0.417. The lowest BCUT2D eigenvalue weighted by Crippen LogP contribution is -2.39. The second kappa shape index (κ2) is 5.66. The summed E-state index contributed by atoms with van der Waals surface area (Å²) >= 11 is 0. The first-order valence-electron chi connectivity index (χ1n) is 5.91. The summed E-state index contributed by atoms with van der Waals surface area (Å²) in [6.07, 6.45) is 1.13. The number of hydrogen-bond acceptors (Lipinski definition) is 5. The highest BCUT2D eigenvalue weighted by molar-refractivity contribution is 6.39. The van der Waals surface area contributed by atoms with Crippen molar-refractivity contribution >= 4 is 17.5 Å². The molecule has 0 spiro atoms. The third kappa shape index (κ3) is 3.19. The number of aliphatic hydroxyl groups excluding tert-OH is 1. The first kappa shape index (κ1) is 13.3. The highest BCUT2D eigenvalue weighted by Gasteiger charge is 2.22. The molecule has 2 amide bonds. The third-order valence-corrected chi connectivity index (χ3v) is 2.80. The Morgan fingerprint density at radius 1 is 1.63 bits per heavy atom. The maximum atomic E-state index is 11.8. The first-order valence-corrected chi connectivity index (χ1v) is 5.91. The van der Waals surface area contributed by atoms with E-state index in [2.05, 4.69) is 10.4 Å². The number of furan rings is 1. The number of aliphatic hydroxyl groups is 1. The molecule has 1 aliphatic heterocycles. The normalized spacial score (nSPS) is 17.1. The number of amides is 2. The van der Waals surface area contributed by atoms with Crippen molar-refractivity contribution in [2.45, 2.75) is 18.9 Å². The summed E-state index contributed by atoms with van der Waals surface area (Å²) < 4.78 is 5.02. The molecule has 7 heteroatoms. The molecule has 7 nitrogen and oxygen atoms in total. The minimum absolute atomic E-state index is 0.0308. The monoisotopic (exact) mass is 265 g/mol. The standard InChI is InChI=1S/C12H15N3O4/c1-15-11(17)5-4-8(14-15)12(18)13-7-9(16)10-3-2-6-19-10/h2-3,6,9,16H,4-5,7H2,1H3,(H,13,18). The highest BCUT2D eigenvalue weighted by Crippen LogP contribution is 2.12. The van der Waals surface area contributed by atoms with Crippen molar-refractivity contribution in [2.24, 2.45) is 5.10 Å². The Balaban J connectivity index is 1.88. The van der Waals surface area contributed by atoms with Crippen molar-refractivity contribution in [2.75, 3.05) is 13.6 Å². The predicted molar refractivity (Wildman–Crippen MR) is 66.1 cm³/mol. The third-order valence-electron chi connectivity index (χ3n) is 2.80. The second-order valence-corrected chi connectivity index (χ2v) is 4.21. The van der Waals surface area contributed by atoms with Crippen LogP contribution >= 0.6 is 0 Å². The number of hydrogen-bond donors (Lipinski definition) is 2. The Bertz CT molecular complexity index is 495. The van der Waals surface area contributed by atoms with E-state index in [1.807, 2.05) is 0 Å². The Hall–Kier alpha value is -2.15. The predicted octanol–water partition coefficient (Wildman–Crippen LogP) is 0.0374. The van der Waals surface area contributed by atoms with Crippen LogP contribution in [-0.4, -0.2) is 41.2 Å². The zero-order chi connectivity index (χ0) is 13.8. The van der Waals surface area contributed by atoms with Crippen LogP contribution in [0, 0.1) is 0 Å². The summed E-state index contributed by atoms with van der Waals surface area (Å²) in [7, 11) is 1.51. The van der Waals surface area contributed by atoms with Crippen LogP contribution in [0.15, 0.2) is 27.9 Å². The average Bonchev–Trinajstić information content (AvgIpc) is 2.92. The van der Waals surface area contributed by atoms with Crippen molar-refractivity contribution in [1.82, 2.24) is 10.3 Å². The SMILES string of the molecule is CN1N=C(C(=O)NCC(O)c2ccco2)CCC1=O. The van der Waals surface area contributed by atoms with Gasteiger partial charge in [-0.1, -0.05) is 0 Å². The van der Waals surface area contributed by atoms with E-state index >= 15 is 0 Å². The lowest BCUT2D eigenvalue weighted by atomic mass is 10.1. The van der Waals surface area contributed by atoms with Gasteiger partial charge in [-0.15, -0.1) is 0 Å². The van der Waals surface area contributed by atoms with Gasteiger partial charge in [-0.2, -0.15) is 5.10 Å². The molecule has 1 aliphatic rings. The molecule has 0 fully saturated rings. The fourth-order valence-electron chi connectivity index (χ4n) is 1.71. The van der Waals surface area contributed by atoms with Gasteiger partial charge in [-0.3, -0.25) is 9.59 Å². The molecule has 1 unspecified atom stereocenters. The van der Waals surface area contributed by atoms with Crippen LogP contribution in [0.4, 0.5) is 0 Å². The lowest BCUT2D eigenvalue weighted by molar-refractivity contribution is -0.130. The number of carbonyl (C=O) groups excluding carboxylic acids is 2. The molecule has 1 aromatic rings. The van der Waals surface area contributed by atoms with Gasteiger partial charge in [0.2, 0.25) is 5.91 Å². The fourth-order valence-corrected chi connectivity index (χ4v) is 1.71. The van der Waals surface area contributed by atoms with Crippen LogP contribution in [0.2, 0.25) is 0 Å². The molecule has 1 atom stereocenters. The van der Waals surface area contributed by atoms with E-state index in [1.54, 1.807) is 12.1 Å². The molecular formula is C12H15N3O4. The molecule has 19 heavy (non-hydrogen) atoms. The van der Waals surface area contributed by atoms with E-state index in [0.29, 0.717) is 12.2 Å². The maximum absolute atomic E-state index is 11.8. The average molecular weight is 265 g/mol. The topological polar surface area (TPSA) is 95.1 Å². The van der Waals surface area contributed by atoms with E-state index in [9.17, 15) is 14.7 Å². The van der Waals surface area contributed by atoms with Gasteiger partial charge in [-0.05, 0) is 12.1 Å². The Labute approximate surface area is 109 Å². The van der Waals surface area contributed by atoms with Crippen LogP contribution < -0.4 is 5.32 Å². The quantitative estimate of drug-likeness (QED) is 0.803. The van der Waals surface area contributed by atoms with E-state index < -0.39 is 6.10 Å². The van der Waals surface area contributed by atoms with Gasteiger partial charge in [-0.25, -0.2) is 5.01 Å². The highest BCUT2D eigenvalue weighted by atomic mass is 16.4. The van der Waals surface area contributed by atoms with E-state index in [-0.39, 0.29) is 30.5 Å². The molecular weight excluding hydrogens is 250 g/mol. The zero-order valence-corrected chi connectivity index (χ0v) is 10.5. The smallest absolute Gasteiger partial charge is 0.267 e. The minimum atomic E-state index is -0.900.